The Hall–Kier alpha value is -2.81. The van der Waals surface area contributed by atoms with Gasteiger partial charge in [0.25, 0.3) is 0 Å². The van der Waals surface area contributed by atoms with E-state index in [9.17, 15) is 35.7 Å². The fraction of sp³-hybridized carbons (Fsp3) is 0.819. The Morgan fingerprint density at radius 1 is 0.898 bits per heavy atom. The first-order valence-corrected chi connectivity index (χ1v) is 35.4. The zero-order chi connectivity index (χ0) is 61.7. The lowest BCUT2D eigenvalue weighted by atomic mass is 9.37. The van der Waals surface area contributed by atoms with Crippen molar-refractivity contribution in [1.82, 2.24) is 16.0 Å². The number of Topliss-reactive ketones (excluding diaryl/α,β-unsaturated/α-hetero) is 1. The standard InChI is InChI=1S/C72H108N4O12/c1-5-9-40-14-17-48-55(20-15-40)88-65-60(48)51(79)12-7-25-72(65,86)66(3,83)57-24-28-71(85)61-62(75-36-39(2)78)63(82)49-32-52(80)53(81)34-68(49)33-42(45-19-21-58(73)76-50(45)11-8-29-77)22-27-69(84,64(61)68)37-70(57,71)43-23-26-67(38-74-4)35-56-59-41(30-44(67)31-43)16-18-47(59)46-10-6-13-54(46)87-56/h18-19,21-22,27,39-40,42-44,46,48-49,51-58,60,64-65,74-81,83-86H,5-17,20,23-26,28-38,73H2,1-4H3. The van der Waals surface area contributed by atoms with Crippen LogP contribution in [-0.2, 0) is 14.3 Å². The van der Waals surface area contributed by atoms with Gasteiger partial charge in [-0.1, -0.05) is 62.5 Å². The molecule has 7 saturated carbocycles. The summed E-state index contributed by atoms with van der Waals surface area (Å²) in [5, 5.41) is 128. The summed E-state index contributed by atoms with van der Waals surface area (Å²) in [4.78, 5) is 16.5. The van der Waals surface area contributed by atoms with Crippen molar-refractivity contribution in [2.45, 2.75) is 265 Å². The molecule has 9 fully saturated rings. The Morgan fingerprint density at radius 2 is 1.72 bits per heavy atom. The molecule has 0 amide bonds. The van der Waals surface area contributed by atoms with Crippen molar-refractivity contribution in [2.75, 3.05) is 26.7 Å². The van der Waals surface area contributed by atoms with Crippen LogP contribution in [0.15, 0.2) is 69.6 Å². The minimum absolute atomic E-state index is 0.00210. The molecule has 88 heavy (non-hydrogen) atoms. The quantitative estimate of drug-likeness (QED) is 0.0831. The van der Waals surface area contributed by atoms with Crippen molar-refractivity contribution in [3.63, 3.8) is 0 Å². The first kappa shape index (κ1) is 62.6. The summed E-state index contributed by atoms with van der Waals surface area (Å²) in [6.07, 6.45) is 21.4. The van der Waals surface area contributed by atoms with E-state index < -0.39 is 99.5 Å². The molecule has 14 N–H and O–H groups in total. The molecule has 26 atom stereocenters. The Labute approximate surface area is 522 Å². The monoisotopic (exact) mass is 1220 g/mol. The van der Waals surface area contributed by atoms with Gasteiger partial charge < -0.3 is 77.1 Å². The number of aliphatic hydroxyl groups is 9. The number of carbonyl (C=O) groups is 1. The summed E-state index contributed by atoms with van der Waals surface area (Å²) < 4.78 is 14.6. The number of aliphatic hydroxyl groups excluding tert-OH is 5. The van der Waals surface area contributed by atoms with E-state index in [1.807, 2.05) is 18.2 Å². The van der Waals surface area contributed by atoms with E-state index in [0.717, 1.165) is 94.9 Å². The number of ether oxygens (including phenoxy) is 2. The molecule has 1 spiro atoms. The van der Waals surface area contributed by atoms with Crippen molar-refractivity contribution in [1.29, 1.82) is 0 Å². The van der Waals surface area contributed by atoms with Crippen LogP contribution in [0.4, 0.5) is 0 Å². The second-order valence-corrected chi connectivity index (χ2v) is 32.0. The molecule has 16 nitrogen and oxygen atoms in total. The van der Waals surface area contributed by atoms with Gasteiger partial charge in [-0.2, -0.15) is 0 Å². The normalized spacial score (nSPS) is 49.5. The Kier molecular flexibility index (Phi) is 16.4. The third-order valence-electron chi connectivity index (χ3n) is 27.7. The average molecular weight is 1220 g/mol. The van der Waals surface area contributed by atoms with Gasteiger partial charge in [-0.15, -0.1) is 0 Å². The predicted octanol–water partition coefficient (Wildman–Crippen LogP) is 6.46. The molecule has 3 heterocycles. The third-order valence-corrected chi connectivity index (χ3v) is 27.7. The highest BCUT2D eigenvalue weighted by molar-refractivity contribution is 6.00. The van der Waals surface area contributed by atoms with Crippen LogP contribution < -0.4 is 21.7 Å². The number of allylic oxidation sites excluding steroid dienone is 7. The lowest BCUT2D eigenvalue weighted by Crippen LogP contribution is -2.75. The lowest BCUT2D eigenvalue weighted by molar-refractivity contribution is -0.278. The molecule has 26 unspecified atom stereocenters. The number of dihydropyridines is 1. The summed E-state index contributed by atoms with van der Waals surface area (Å²) in [7, 11) is 2.05. The number of nitrogens with one attached hydrogen (secondary N) is 3. The van der Waals surface area contributed by atoms with Gasteiger partial charge in [-0.3, -0.25) is 4.79 Å². The minimum Gasteiger partial charge on any atom is -0.396 e. The maximum atomic E-state index is 16.5. The smallest absolute Gasteiger partial charge is 0.182 e. The molecular formula is C72H108N4O12. The molecule has 11 aliphatic carbocycles. The van der Waals surface area contributed by atoms with E-state index in [-0.39, 0.29) is 111 Å². The van der Waals surface area contributed by atoms with E-state index in [1.165, 1.54) is 23.1 Å². The number of fused-ring (bicyclic) bond motifs is 8. The summed E-state index contributed by atoms with van der Waals surface area (Å²) in [5.74, 6) is -3.31. The fourth-order valence-electron chi connectivity index (χ4n) is 24.3. The van der Waals surface area contributed by atoms with Gasteiger partial charge >= 0.3 is 0 Å². The number of hydrogen-bond acceptors (Lipinski definition) is 16. The van der Waals surface area contributed by atoms with Crippen molar-refractivity contribution < 1.29 is 60.2 Å². The van der Waals surface area contributed by atoms with Crippen LogP contribution in [0, 0.1) is 75.4 Å². The Balaban J connectivity index is 0.972. The van der Waals surface area contributed by atoms with Gasteiger partial charge in [0, 0.05) is 60.4 Å². The van der Waals surface area contributed by atoms with Crippen LogP contribution in [0.2, 0.25) is 0 Å². The topological polar surface area (TPSA) is 280 Å². The zero-order valence-corrected chi connectivity index (χ0v) is 53.2. The minimum atomic E-state index is -2.00. The highest BCUT2D eigenvalue weighted by Crippen LogP contribution is 2.78. The van der Waals surface area contributed by atoms with Gasteiger partial charge in [-0.05, 0) is 231 Å². The molecule has 0 bridgehead atoms. The molecule has 0 radical (unpaired) electrons. The summed E-state index contributed by atoms with van der Waals surface area (Å²) in [6, 6.07) is 0. The van der Waals surface area contributed by atoms with Crippen LogP contribution in [0.25, 0.3) is 0 Å². The van der Waals surface area contributed by atoms with Crippen molar-refractivity contribution in [3.05, 3.63) is 69.6 Å². The number of hydrogen-bond donors (Lipinski definition) is 13. The molecular weight excluding hydrogens is 1110 g/mol. The molecule has 16 heteroatoms. The van der Waals surface area contributed by atoms with Gasteiger partial charge in [0.15, 0.2) is 5.78 Å². The SMILES string of the molecule is CCCC1CCC2OC3C(C(O)CCCC3(O)C(C)(O)C3CCC4(O)C5=C(NCC(C)O)C(=O)C6CC(O)C(O)CC67CC(C6=C(CCCO)NC(N)C=C6)C=CC(O)(CC34C3CCC4(CNC)CC6OC8CCCC8C8=CCC(=C86)CC4C3)C57)C2CC1. The summed E-state index contributed by atoms with van der Waals surface area (Å²) in [5.41, 5.74) is 2.58. The second kappa shape index (κ2) is 23.0. The summed E-state index contributed by atoms with van der Waals surface area (Å²) in [6.45, 7) is 6.36. The second-order valence-electron chi connectivity index (χ2n) is 32.0. The van der Waals surface area contributed by atoms with E-state index >= 15 is 15.0 Å². The zero-order valence-electron chi connectivity index (χ0n) is 53.2. The lowest BCUT2D eigenvalue weighted by Gasteiger charge is -2.69. The summed E-state index contributed by atoms with van der Waals surface area (Å²) >= 11 is 0. The van der Waals surface area contributed by atoms with E-state index in [0.29, 0.717) is 55.9 Å². The molecule has 14 aliphatic rings. The largest absolute Gasteiger partial charge is 0.396 e. The number of nitrogens with two attached hydrogens (primary N) is 1. The molecule has 14 rings (SSSR count). The van der Waals surface area contributed by atoms with Gasteiger partial charge in [-0.25, -0.2) is 0 Å². The number of ketones is 1. The van der Waals surface area contributed by atoms with Gasteiger partial charge in [0.1, 0.15) is 5.60 Å². The molecule has 0 aromatic carbocycles. The van der Waals surface area contributed by atoms with E-state index in [1.54, 1.807) is 13.8 Å². The third kappa shape index (κ3) is 9.35. The average Bonchev–Trinajstić information content (AvgIpc) is 1.47. The fourth-order valence-corrected chi connectivity index (χ4v) is 24.3. The molecule has 488 valence electrons. The highest BCUT2D eigenvalue weighted by atomic mass is 16.5. The molecule has 0 aromatic heterocycles. The van der Waals surface area contributed by atoms with Crippen LogP contribution in [0.1, 0.15) is 188 Å². The van der Waals surface area contributed by atoms with Crippen molar-refractivity contribution in [2.24, 2.45) is 81.2 Å². The molecule has 0 aromatic rings. The van der Waals surface area contributed by atoms with Crippen LogP contribution in [0.5, 0.6) is 0 Å². The number of carbonyl (C=O) groups excluding carboxylic acids is 1. The van der Waals surface area contributed by atoms with Crippen molar-refractivity contribution >= 4 is 5.78 Å². The molecule has 3 aliphatic heterocycles. The van der Waals surface area contributed by atoms with Crippen LogP contribution >= 0.6 is 0 Å². The van der Waals surface area contributed by atoms with E-state index in [2.05, 4.69) is 42.1 Å². The Bertz CT molecular complexity index is 2900. The Morgan fingerprint density at radius 3 is 2.50 bits per heavy atom. The van der Waals surface area contributed by atoms with Crippen molar-refractivity contribution in [3.8, 4) is 0 Å². The first-order valence-electron chi connectivity index (χ1n) is 35.4. The number of rotatable bonds is 14. The van der Waals surface area contributed by atoms with E-state index in [4.69, 9.17) is 15.2 Å². The predicted molar refractivity (Wildman–Crippen MR) is 333 cm³/mol. The maximum Gasteiger partial charge on any atom is 0.182 e. The van der Waals surface area contributed by atoms with Crippen LogP contribution in [0.3, 0.4) is 0 Å². The maximum absolute atomic E-state index is 16.5. The first-order chi connectivity index (χ1) is 42.1. The van der Waals surface area contributed by atoms with Gasteiger partial charge in [0.2, 0.25) is 0 Å². The van der Waals surface area contributed by atoms with Gasteiger partial charge in [0.05, 0.1) is 77.5 Å². The molecule has 2 saturated heterocycles. The van der Waals surface area contributed by atoms with Crippen LogP contribution in [-0.4, -0.2) is 156 Å². The highest BCUT2D eigenvalue weighted by Gasteiger charge is 2.81.